The van der Waals surface area contributed by atoms with Crippen LogP contribution in [0.2, 0.25) is 0 Å². The van der Waals surface area contributed by atoms with E-state index >= 15 is 0 Å². The first-order valence-electron chi connectivity index (χ1n) is 8.52. The van der Waals surface area contributed by atoms with Crippen LogP contribution in [0.3, 0.4) is 0 Å². The highest BCUT2D eigenvalue weighted by Gasteiger charge is 2.18. The molecular weight excluding hydrogens is 368 g/mol. The lowest BCUT2D eigenvalue weighted by Gasteiger charge is -2.16. The van der Waals surface area contributed by atoms with Gasteiger partial charge in [0.25, 0.3) is 15.9 Å². The highest BCUT2D eigenvalue weighted by atomic mass is 32.2. The van der Waals surface area contributed by atoms with E-state index in [9.17, 15) is 18.0 Å². The van der Waals surface area contributed by atoms with Gasteiger partial charge in [0.1, 0.15) is 0 Å². The highest BCUT2D eigenvalue weighted by Crippen LogP contribution is 2.17. The number of carbonyl (C=O) groups excluding carboxylic acids is 1. The van der Waals surface area contributed by atoms with Gasteiger partial charge in [0.15, 0.2) is 0 Å². The van der Waals surface area contributed by atoms with Gasteiger partial charge in [0, 0.05) is 17.3 Å². The Kier molecular flexibility index (Phi) is 6.95. The molecular formula is C19H22N2O5S. The Morgan fingerprint density at radius 3 is 2.41 bits per heavy atom. The van der Waals surface area contributed by atoms with Crippen molar-refractivity contribution in [3.63, 3.8) is 0 Å². The van der Waals surface area contributed by atoms with Gasteiger partial charge < -0.3 is 10.4 Å². The molecule has 2 rings (SSSR count). The molecule has 0 radical (unpaired) electrons. The fraction of sp³-hybridized carbons (Fsp3) is 0.263. The van der Waals surface area contributed by atoms with Crippen molar-refractivity contribution >= 4 is 27.6 Å². The van der Waals surface area contributed by atoms with Crippen LogP contribution >= 0.6 is 0 Å². The zero-order chi connectivity index (χ0) is 19.9. The second kappa shape index (κ2) is 9.18. The molecule has 0 saturated carbocycles. The van der Waals surface area contributed by atoms with E-state index in [1.807, 2.05) is 6.92 Å². The zero-order valence-corrected chi connectivity index (χ0v) is 15.7. The zero-order valence-electron chi connectivity index (χ0n) is 14.9. The summed E-state index contributed by atoms with van der Waals surface area (Å²) >= 11 is 0. The molecule has 0 fully saturated rings. The molecule has 0 aromatic heterocycles. The highest BCUT2D eigenvalue weighted by molar-refractivity contribution is 7.92. The third-order valence-corrected chi connectivity index (χ3v) is 5.22. The summed E-state index contributed by atoms with van der Waals surface area (Å²) in [6.45, 7) is 1.90. The number of carbonyl (C=O) groups is 2. The van der Waals surface area contributed by atoms with Crippen molar-refractivity contribution in [3.05, 3.63) is 60.2 Å². The van der Waals surface area contributed by atoms with Crippen LogP contribution in [0.4, 0.5) is 5.69 Å². The number of anilines is 1. The Labute approximate surface area is 158 Å². The van der Waals surface area contributed by atoms with E-state index in [4.69, 9.17) is 5.11 Å². The molecule has 2 aromatic rings. The summed E-state index contributed by atoms with van der Waals surface area (Å²) in [5.74, 6) is -1.44. The second-order valence-electron chi connectivity index (χ2n) is 6.06. The predicted octanol–water partition coefficient (Wildman–Crippen LogP) is 2.86. The summed E-state index contributed by atoms with van der Waals surface area (Å²) in [7, 11) is -3.76. The summed E-state index contributed by atoms with van der Waals surface area (Å²) in [6, 6.07) is 13.5. The molecule has 1 unspecified atom stereocenters. The summed E-state index contributed by atoms with van der Waals surface area (Å²) < 4.78 is 27.2. The topological polar surface area (TPSA) is 113 Å². The monoisotopic (exact) mass is 390 g/mol. The van der Waals surface area contributed by atoms with Crippen molar-refractivity contribution in [3.8, 4) is 0 Å². The van der Waals surface area contributed by atoms with Crippen molar-refractivity contribution < 1.29 is 23.1 Å². The van der Waals surface area contributed by atoms with E-state index < -0.39 is 27.9 Å². The molecule has 2 aromatic carbocycles. The van der Waals surface area contributed by atoms with Gasteiger partial charge in [-0.05, 0) is 36.8 Å². The first-order valence-corrected chi connectivity index (χ1v) is 10.0. The lowest BCUT2D eigenvalue weighted by atomic mass is 10.1. The molecule has 144 valence electrons. The number of amides is 1. The number of aliphatic carboxylic acids is 1. The largest absolute Gasteiger partial charge is 0.481 e. The van der Waals surface area contributed by atoms with Gasteiger partial charge in [0.2, 0.25) is 0 Å². The van der Waals surface area contributed by atoms with Crippen LogP contribution in [-0.2, 0) is 14.8 Å². The fourth-order valence-corrected chi connectivity index (χ4v) is 3.66. The standard InChI is InChI=1S/C19H22N2O5S/c1-2-7-15(13-18(22)23)20-19(24)14-8-6-9-16(12-14)21-27(25,26)17-10-4-3-5-11-17/h3-6,8-12,15,21H,2,7,13H2,1H3,(H,20,24)(H,22,23). The van der Waals surface area contributed by atoms with E-state index in [0.717, 1.165) is 6.42 Å². The molecule has 1 amide bonds. The molecule has 8 heteroatoms. The molecule has 0 aliphatic rings. The van der Waals surface area contributed by atoms with E-state index in [1.54, 1.807) is 30.3 Å². The Morgan fingerprint density at radius 1 is 1.07 bits per heavy atom. The molecule has 0 aliphatic heterocycles. The maximum absolute atomic E-state index is 12.4. The fourth-order valence-electron chi connectivity index (χ4n) is 2.59. The van der Waals surface area contributed by atoms with Crippen molar-refractivity contribution in [2.45, 2.75) is 37.1 Å². The summed E-state index contributed by atoms with van der Waals surface area (Å²) in [6.07, 6.45) is 1.10. The number of benzene rings is 2. The van der Waals surface area contributed by atoms with E-state index in [1.165, 1.54) is 24.3 Å². The van der Waals surface area contributed by atoms with Gasteiger partial charge in [-0.25, -0.2) is 8.42 Å². The van der Waals surface area contributed by atoms with Crippen molar-refractivity contribution in [2.24, 2.45) is 0 Å². The van der Waals surface area contributed by atoms with Crippen LogP contribution in [-0.4, -0.2) is 31.4 Å². The molecule has 0 spiro atoms. The Bertz CT molecular complexity index is 897. The van der Waals surface area contributed by atoms with Gasteiger partial charge in [-0.1, -0.05) is 37.6 Å². The molecule has 0 bridgehead atoms. The van der Waals surface area contributed by atoms with Gasteiger partial charge in [-0.3, -0.25) is 14.3 Å². The third kappa shape index (κ3) is 6.10. The Balaban J connectivity index is 2.14. The smallest absolute Gasteiger partial charge is 0.305 e. The first-order chi connectivity index (χ1) is 12.8. The average molecular weight is 390 g/mol. The van der Waals surface area contributed by atoms with Crippen molar-refractivity contribution in [1.82, 2.24) is 5.32 Å². The van der Waals surface area contributed by atoms with Gasteiger partial charge in [-0.15, -0.1) is 0 Å². The SMILES string of the molecule is CCCC(CC(=O)O)NC(=O)c1cccc(NS(=O)(=O)c2ccccc2)c1. The van der Waals surface area contributed by atoms with Crippen molar-refractivity contribution in [2.75, 3.05) is 4.72 Å². The van der Waals surface area contributed by atoms with Gasteiger partial charge >= 0.3 is 5.97 Å². The number of sulfonamides is 1. The number of hydrogen-bond acceptors (Lipinski definition) is 4. The lowest BCUT2D eigenvalue weighted by Crippen LogP contribution is -2.36. The van der Waals surface area contributed by atoms with Crippen LogP contribution in [0.1, 0.15) is 36.5 Å². The van der Waals surface area contributed by atoms with Crippen LogP contribution in [0.15, 0.2) is 59.5 Å². The Hall–Kier alpha value is -2.87. The number of carboxylic acids is 1. The van der Waals surface area contributed by atoms with E-state index in [-0.39, 0.29) is 22.6 Å². The second-order valence-corrected chi connectivity index (χ2v) is 7.74. The first kappa shape index (κ1) is 20.4. The van der Waals surface area contributed by atoms with Gasteiger partial charge in [-0.2, -0.15) is 0 Å². The van der Waals surface area contributed by atoms with Crippen LogP contribution in [0.5, 0.6) is 0 Å². The third-order valence-electron chi connectivity index (χ3n) is 3.82. The van der Waals surface area contributed by atoms with Crippen molar-refractivity contribution in [1.29, 1.82) is 0 Å². The Morgan fingerprint density at radius 2 is 1.78 bits per heavy atom. The lowest BCUT2D eigenvalue weighted by molar-refractivity contribution is -0.137. The number of nitrogens with one attached hydrogen (secondary N) is 2. The maximum Gasteiger partial charge on any atom is 0.305 e. The molecule has 27 heavy (non-hydrogen) atoms. The number of carboxylic acid groups (broad SMARTS) is 1. The van der Waals surface area contributed by atoms with Gasteiger partial charge in [0.05, 0.1) is 11.3 Å². The normalized spacial score (nSPS) is 12.2. The number of rotatable bonds is 9. The number of hydrogen-bond donors (Lipinski definition) is 3. The van der Waals surface area contributed by atoms with E-state index in [2.05, 4.69) is 10.0 Å². The summed E-state index contributed by atoms with van der Waals surface area (Å²) in [5, 5.41) is 11.6. The minimum absolute atomic E-state index is 0.115. The molecule has 0 aliphatic carbocycles. The predicted molar refractivity (Wildman–Crippen MR) is 102 cm³/mol. The van der Waals surface area contributed by atoms with E-state index in [0.29, 0.717) is 6.42 Å². The molecule has 0 saturated heterocycles. The minimum Gasteiger partial charge on any atom is -0.481 e. The molecule has 3 N–H and O–H groups in total. The molecule has 1 atom stereocenters. The maximum atomic E-state index is 12.4. The quantitative estimate of drug-likeness (QED) is 0.609. The molecule has 7 nitrogen and oxygen atoms in total. The van der Waals surface area contributed by atoms with Crippen LogP contribution in [0, 0.1) is 0 Å². The minimum atomic E-state index is -3.76. The summed E-state index contributed by atoms with van der Waals surface area (Å²) in [4.78, 5) is 23.5. The average Bonchev–Trinajstić information content (AvgIpc) is 2.62. The summed E-state index contributed by atoms with van der Waals surface area (Å²) in [5.41, 5.74) is 0.492. The molecule has 0 heterocycles. The van der Waals surface area contributed by atoms with Crippen LogP contribution < -0.4 is 10.0 Å². The van der Waals surface area contributed by atoms with Crippen LogP contribution in [0.25, 0.3) is 0 Å².